The molecule has 2 N–H and O–H groups in total. The van der Waals surface area contributed by atoms with Crippen LogP contribution < -0.4 is 15.4 Å². The van der Waals surface area contributed by atoms with Crippen molar-refractivity contribution < 1.29 is 27.5 Å². The van der Waals surface area contributed by atoms with Gasteiger partial charge in [-0.05, 0) is 42.0 Å². The molecular weight excluding hydrogens is 409 g/mol. The van der Waals surface area contributed by atoms with Gasteiger partial charge in [-0.15, -0.1) is 0 Å². The second kappa shape index (κ2) is 9.80. The van der Waals surface area contributed by atoms with Gasteiger partial charge in [-0.3, -0.25) is 9.59 Å². The van der Waals surface area contributed by atoms with Gasteiger partial charge in [0.2, 0.25) is 0 Å². The molecule has 0 saturated carbocycles. The molecule has 0 aliphatic rings. The zero-order valence-electron chi connectivity index (χ0n) is 16.3. The number of ether oxygens (including phenoxy) is 1. The van der Waals surface area contributed by atoms with E-state index in [2.05, 4.69) is 10.6 Å². The van der Waals surface area contributed by atoms with Gasteiger partial charge < -0.3 is 15.4 Å². The van der Waals surface area contributed by atoms with Crippen molar-refractivity contribution in [2.24, 2.45) is 0 Å². The Morgan fingerprint density at radius 2 is 1.48 bits per heavy atom. The van der Waals surface area contributed by atoms with Crippen LogP contribution >= 0.6 is 0 Å². The SMILES string of the molecule is O=C(COc1ccc(C(=O)NCc2ccccc2)cc1)Nc1ccccc1C(F)(F)F. The molecule has 0 heterocycles. The van der Waals surface area contributed by atoms with E-state index >= 15 is 0 Å². The Hall–Kier alpha value is -3.81. The summed E-state index contributed by atoms with van der Waals surface area (Å²) in [5.41, 5.74) is 0.101. The van der Waals surface area contributed by atoms with Gasteiger partial charge in [0.25, 0.3) is 11.8 Å². The zero-order valence-corrected chi connectivity index (χ0v) is 16.3. The average Bonchev–Trinajstić information content (AvgIpc) is 2.77. The monoisotopic (exact) mass is 428 g/mol. The summed E-state index contributed by atoms with van der Waals surface area (Å²) in [6.45, 7) is -0.0940. The Kier molecular flexibility index (Phi) is 6.92. The highest BCUT2D eigenvalue weighted by Crippen LogP contribution is 2.34. The Morgan fingerprint density at radius 1 is 0.839 bits per heavy atom. The first-order valence-electron chi connectivity index (χ1n) is 9.34. The Labute approximate surface area is 176 Å². The number of benzene rings is 3. The minimum absolute atomic E-state index is 0.267. The van der Waals surface area contributed by atoms with E-state index in [4.69, 9.17) is 4.74 Å². The Bertz CT molecular complexity index is 1040. The van der Waals surface area contributed by atoms with Crippen molar-refractivity contribution in [1.29, 1.82) is 0 Å². The van der Waals surface area contributed by atoms with Crippen LogP contribution in [-0.2, 0) is 17.5 Å². The van der Waals surface area contributed by atoms with Crippen LogP contribution in [0.4, 0.5) is 18.9 Å². The van der Waals surface area contributed by atoms with Crippen LogP contribution in [0.5, 0.6) is 5.75 Å². The smallest absolute Gasteiger partial charge is 0.418 e. The number of alkyl halides is 3. The third kappa shape index (κ3) is 6.33. The van der Waals surface area contributed by atoms with Gasteiger partial charge in [0, 0.05) is 12.1 Å². The topological polar surface area (TPSA) is 67.4 Å². The van der Waals surface area contributed by atoms with E-state index in [-0.39, 0.29) is 11.6 Å². The van der Waals surface area contributed by atoms with Crippen LogP contribution in [-0.4, -0.2) is 18.4 Å². The van der Waals surface area contributed by atoms with E-state index in [9.17, 15) is 22.8 Å². The first-order chi connectivity index (χ1) is 14.8. The minimum atomic E-state index is -4.58. The molecule has 0 bridgehead atoms. The van der Waals surface area contributed by atoms with Crippen LogP contribution in [0.15, 0.2) is 78.9 Å². The summed E-state index contributed by atoms with van der Waals surface area (Å²) >= 11 is 0. The van der Waals surface area contributed by atoms with Crippen molar-refractivity contribution in [2.45, 2.75) is 12.7 Å². The maximum atomic E-state index is 13.0. The third-order valence-corrected chi connectivity index (χ3v) is 4.29. The number of nitrogens with one attached hydrogen (secondary N) is 2. The molecular formula is C23H19F3N2O3. The second-order valence-corrected chi connectivity index (χ2v) is 6.57. The molecule has 0 radical (unpaired) electrons. The van der Waals surface area contributed by atoms with Crippen molar-refractivity contribution in [2.75, 3.05) is 11.9 Å². The van der Waals surface area contributed by atoms with Crippen molar-refractivity contribution in [3.05, 3.63) is 95.6 Å². The van der Waals surface area contributed by atoms with Crippen molar-refractivity contribution >= 4 is 17.5 Å². The van der Waals surface area contributed by atoms with Crippen LogP contribution in [0.3, 0.4) is 0 Å². The molecule has 3 aromatic carbocycles. The summed E-state index contributed by atoms with van der Waals surface area (Å²) in [6.07, 6.45) is -4.58. The molecule has 0 aromatic heterocycles. The summed E-state index contributed by atoms with van der Waals surface area (Å²) in [4.78, 5) is 24.2. The second-order valence-electron chi connectivity index (χ2n) is 6.57. The minimum Gasteiger partial charge on any atom is -0.484 e. The van der Waals surface area contributed by atoms with Crippen LogP contribution in [0, 0.1) is 0 Å². The summed E-state index contributed by atoms with van der Waals surface area (Å²) in [5.74, 6) is -0.697. The van der Waals surface area contributed by atoms with Crippen LogP contribution in [0.2, 0.25) is 0 Å². The lowest BCUT2D eigenvalue weighted by atomic mass is 10.1. The number of carbonyl (C=O) groups is 2. The highest BCUT2D eigenvalue weighted by Gasteiger charge is 2.33. The van der Waals surface area contributed by atoms with E-state index in [0.717, 1.165) is 11.6 Å². The molecule has 160 valence electrons. The van der Waals surface area contributed by atoms with Crippen LogP contribution in [0.1, 0.15) is 21.5 Å². The third-order valence-electron chi connectivity index (χ3n) is 4.29. The lowest BCUT2D eigenvalue weighted by molar-refractivity contribution is -0.137. The van der Waals surface area contributed by atoms with E-state index in [1.165, 1.54) is 42.5 Å². The van der Waals surface area contributed by atoms with Gasteiger partial charge >= 0.3 is 6.18 Å². The molecule has 0 spiro atoms. The largest absolute Gasteiger partial charge is 0.484 e. The summed E-state index contributed by atoms with van der Waals surface area (Å²) in [7, 11) is 0. The van der Waals surface area contributed by atoms with Gasteiger partial charge in [-0.1, -0.05) is 42.5 Å². The molecule has 8 heteroatoms. The fraction of sp³-hybridized carbons (Fsp3) is 0.130. The molecule has 0 unspecified atom stereocenters. The predicted octanol–water partition coefficient (Wildman–Crippen LogP) is 4.65. The van der Waals surface area contributed by atoms with E-state index in [0.29, 0.717) is 17.9 Å². The molecule has 0 aliphatic heterocycles. The maximum absolute atomic E-state index is 13.0. The molecule has 0 saturated heterocycles. The van der Waals surface area contributed by atoms with Gasteiger partial charge in [-0.2, -0.15) is 13.2 Å². The fourth-order valence-electron chi connectivity index (χ4n) is 2.76. The molecule has 2 amide bonds. The number of hydrogen-bond donors (Lipinski definition) is 2. The number of anilines is 1. The molecule has 3 rings (SSSR count). The lowest BCUT2D eigenvalue weighted by Crippen LogP contribution is -2.23. The number of para-hydroxylation sites is 1. The number of carbonyl (C=O) groups excluding carboxylic acids is 2. The molecule has 3 aromatic rings. The molecule has 31 heavy (non-hydrogen) atoms. The van der Waals surface area contributed by atoms with Crippen molar-refractivity contribution in [3.63, 3.8) is 0 Å². The fourth-order valence-corrected chi connectivity index (χ4v) is 2.76. The predicted molar refractivity (Wildman–Crippen MR) is 110 cm³/mol. The summed E-state index contributed by atoms with van der Waals surface area (Å²) in [6, 6.07) is 20.2. The quantitative estimate of drug-likeness (QED) is 0.576. The molecule has 0 fully saturated rings. The average molecular weight is 428 g/mol. The van der Waals surface area contributed by atoms with E-state index < -0.39 is 24.3 Å². The van der Waals surface area contributed by atoms with E-state index in [1.807, 2.05) is 30.3 Å². The first-order valence-corrected chi connectivity index (χ1v) is 9.34. The highest BCUT2D eigenvalue weighted by molar-refractivity contribution is 5.94. The van der Waals surface area contributed by atoms with Crippen LogP contribution in [0.25, 0.3) is 0 Å². The standard InChI is InChI=1S/C23H19F3N2O3/c24-23(25,26)19-8-4-5-9-20(19)28-21(29)15-31-18-12-10-17(11-13-18)22(30)27-14-16-6-2-1-3-7-16/h1-13H,14-15H2,(H,27,30)(H,28,29). The van der Waals surface area contributed by atoms with Crippen molar-refractivity contribution in [1.82, 2.24) is 5.32 Å². The maximum Gasteiger partial charge on any atom is 0.418 e. The Morgan fingerprint density at radius 3 is 2.16 bits per heavy atom. The number of halogens is 3. The van der Waals surface area contributed by atoms with Gasteiger partial charge in [-0.25, -0.2) is 0 Å². The Balaban J connectivity index is 1.51. The number of hydrogen-bond acceptors (Lipinski definition) is 3. The highest BCUT2D eigenvalue weighted by atomic mass is 19.4. The summed E-state index contributed by atoms with van der Waals surface area (Å²) in [5, 5.41) is 5.00. The molecule has 0 atom stereocenters. The normalized spacial score (nSPS) is 10.9. The van der Waals surface area contributed by atoms with E-state index in [1.54, 1.807) is 0 Å². The first kappa shape index (κ1) is 21.9. The number of rotatable bonds is 7. The van der Waals surface area contributed by atoms with Crippen molar-refractivity contribution in [3.8, 4) is 5.75 Å². The zero-order chi connectivity index (χ0) is 22.3. The molecule has 0 aliphatic carbocycles. The van der Waals surface area contributed by atoms with Gasteiger partial charge in [0.15, 0.2) is 6.61 Å². The number of amides is 2. The molecule has 5 nitrogen and oxygen atoms in total. The van der Waals surface area contributed by atoms with Gasteiger partial charge in [0.1, 0.15) is 5.75 Å². The van der Waals surface area contributed by atoms with Gasteiger partial charge in [0.05, 0.1) is 11.3 Å². The summed E-state index contributed by atoms with van der Waals surface area (Å²) < 4.78 is 44.3. The lowest BCUT2D eigenvalue weighted by Gasteiger charge is -2.14.